The summed E-state index contributed by atoms with van der Waals surface area (Å²) in [7, 11) is 1.86. The van der Waals surface area contributed by atoms with E-state index in [-0.39, 0.29) is 29.2 Å². The van der Waals surface area contributed by atoms with Crippen LogP contribution in [0.15, 0.2) is 55.6 Å². The Kier molecular flexibility index (Phi) is 9.35. The minimum Gasteiger partial charge on any atom is -0.351 e. The van der Waals surface area contributed by atoms with Gasteiger partial charge in [0, 0.05) is 19.6 Å². The van der Waals surface area contributed by atoms with Gasteiger partial charge < -0.3 is 10.2 Å². The quantitative estimate of drug-likeness (QED) is 0.508. The van der Waals surface area contributed by atoms with Crippen LogP contribution < -0.4 is 5.32 Å². The average Bonchev–Trinajstić information content (AvgIpc) is 2.75. The number of benzene rings is 1. The number of nitrogens with one attached hydrogen (secondary N) is 1. The molecular weight excluding hydrogens is 372 g/mol. The zero-order valence-corrected chi connectivity index (χ0v) is 18.7. The van der Waals surface area contributed by atoms with E-state index in [4.69, 9.17) is 0 Å². The van der Waals surface area contributed by atoms with Gasteiger partial charge in [-0.3, -0.25) is 9.59 Å². The summed E-state index contributed by atoms with van der Waals surface area (Å²) in [6.45, 7) is 10.1. The summed E-state index contributed by atoms with van der Waals surface area (Å²) in [4.78, 5) is 28.1. The Labute approximate surface area is 182 Å². The van der Waals surface area contributed by atoms with Gasteiger partial charge in [0.1, 0.15) is 0 Å². The number of hydrogen-bond acceptors (Lipinski definition) is 2. The highest BCUT2D eigenvalue weighted by Gasteiger charge is 2.40. The van der Waals surface area contributed by atoms with Gasteiger partial charge in [-0.1, -0.05) is 61.7 Å². The molecule has 0 aliphatic heterocycles. The van der Waals surface area contributed by atoms with Gasteiger partial charge in [-0.2, -0.15) is 0 Å². The number of allylic oxidation sites excluding steroid dienone is 2. The van der Waals surface area contributed by atoms with Crippen LogP contribution in [-0.4, -0.2) is 36.3 Å². The van der Waals surface area contributed by atoms with Gasteiger partial charge in [-0.25, -0.2) is 0 Å². The van der Waals surface area contributed by atoms with Crippen molar-refractivity contribution in [2.24, 2.45) is 5.41 Å². The van der Waals surface area contributed by atoms with Crippen LogP contribution in [0, 0.1) is 5.41 Å². The minimum atomic E-state index is -0.311. The molecule has 4 nitrogen and oxygen atoms in total. The molecule has 4 heteroatoms. The number of amides is 2. The monoisotopic (exact) mass is 410 g/mol. The summed E-state index contributed by atoms with van der Waals surface area (Å²) in [6.07, 6.45) is 11.2. The zero-order valence-electron chi connectivity index (χ0n) is 18.7. The maximum atomic E-state index is 13.3. The van der Waals surface area contributed by atoms with Gasteiger partial charge in [-0.15, -0.1) is 13.2 Å². The Hall–Kier alpha value is -2.36. The Morgan fingerprint density at radius 3 is 2.40 bits per heavy atom. The Bertz CT molecular complexity index is 707. The van der Waals surface area contributed by atoms with Crippen LogP contribution in [0.2, 0.25) is 0 Å². The first-order valence-electron chi connectivity index (χ1n) is 11.3. The highest BCUT2D eigenvalue weighted by atomic mass is 16.2. The highest BCUT2D eigenvalue weighted by molar-refractivity contribution is 5.84. The molecule has 2 unspecified atom stereocenters. The van der Waals surface area contributed by atoms with Crippen LogP contribution in [0.1, 0.15) is 69.8 Å². The van der Waals surface area contributed by atoms with Gasteiger partial charge in [0.2, 0.25) is 11.8 Å². The minimum absolute atomic E-state index is 0.00914. The van der Waals surface area contributed by atoms with Crippen LogP contribution >= 0.6 is 0 Å². The fourth-order valence-electron chi connectivity index (χ4n) is 4.72. The second kappa shape index (κ2) is 11.7. The lowest BCUT2D eigenvalue weighted by atomic mass is 9.71. The predicted octanol–water partition coefficient (Wildman–Crippen LogP) is 5.23. The normalized spacial score (nSPS) is 17.4. The summed E-state index contributed by atoms with van der Waals surface area (Å²) >= 11 is 0. The Morgan fingerprint density at radius 2 is 1.80 bits per heavy atom. The second-order valence-electron chi connectivity index (χ2n) is 8.76. The predicted molar refractivity (Wildman–Crippen MR) is 124 cm³/mol. The number of hydrogen-bond donors (Lipinski definition) is 1. The molecule has 1 aromatic rings. The molecule has 0 heterocycles. The Morgan fingerprint density at radius 1 is 1.13 bits per heavy atom. The van der Waals surface area contributed by atoms with E-state index in [1.165, 1.54) is 6.42 Å². The summed E-state index contributed by atoms with van der Waals surface area (Å²) in [5, 5.41) is 3.13. The standard InChI is InChI=1S/C26H38N2O2/c1-5-7-16-23(22-14-10-8-11-15-22)24(29)27-21(3)20-28(4)25(30)26(17-6-2)18-12-9-13-19-26/h5-6,8,10-11,14-15,21,23H,1-2,7,9,12-13,16-20H2,3-4H3,(H,27,29). The number of carbonyl (C=O) groups excluding carboxylic acids is 2. The number of carbonyl (C=O) groups is 2. The van der Waals surface area contributed by atoms with Gasteiger partial charge in [0.15, 0.2) is 0 Å². The van der Waals surface area contributed by atoms with Gasteiger partial charge in [-0.05, 0) is 44.6 Å². The molecule has 0 saturated heterocycles. The van der Waals surface area contributed by atoms with E-state index >= 15 is 0 Å². The van der Waals surface area contributed by atoms with Gasteiger partial charge in [0.05, 0.1) is 11.3 Å². The van der Waals surface area contributed by atoms with Crippen LogP contribution in [0.5, 0.6) is 0 Å². The van der Waals surface area contributed by atoms with Crippen molar-refractivity contribution in [3.8, 4) is 0 Å². The highest BCUT2D eigenvalue weighted by Crippen LogP contribution is 2.41. The molecule has 1 aliphatic rings. The maximum absolute atomic E-state index is 13.3. The summed E-state index contributed by atoms with van der Waals surface area (Å²) in [5.74, 6) is -0.0116. The molecule has 0 bridgehead atoms. The van der Waals surface area contributed by atoms with Crippen molar-refractivity contribution >= 4 is 11.8 Å². The van der Waals surface area contributed by atoms with Crippen molar-refractivity contribution in [3.05, 3.63) is 61.2 Å². The molecule has 0 aromatic heterocycles. The van der Waals surface area contributed by atoms with E-state index in [0.717, 1.165) is 50.5 Å². The topological polar surface area (TPSA) is 49.4 Å². The van der Waals surface area contributed by atoms with E-state index < -0.39 is 0 Å². The summed E-state index contributed by atoms with van der Waals surface area (Å²) in [6, 6.07) is 9.75. The first-order chi connectivity index (χ1) is 14.4. The van der Waals surface area contributed by atoms with Crippen LogP contribution in [0.25, 0.3) is 0 Å². The van der Waals surface area contributed by atoms with Crippen molar-refractivity contribution < 1.29 is 9.59 Å². The fourth-order valence-corrected chi connectivity index (χ4v) is 4.72. The average molecular weight is 411 g/mol. The molecule has 1 aliphatic carbocycles. The molecule has 2 atom stereocenters. The third-order valence-electron chi connectivity index (χ3n) is 6.26. The van der Waals surface area contributed by atoms with Crippen molar-refractivity contribution in [1.29, 1.82) is 0 Å². The van der Waals surface area contributed by atoms with Crippen molar-refractivity contribution in [2.75, 3.05) is 13.6 Å². The number of rotatable bonds is 11. The molecule has 0 spiro atoms. The molecule has 164 valence electrons. The first kappa shape index (κ1) is 23.9. The SMILES string of the molecule is C=CCCC(C(=O)NC(C)CN(C)C(=O)C1(CC=C)CCCCC1)c1ccccc1. The fraction of sp³-hybridized carbons (Fsp3) is 0.538. The maximum Gasteiger partial charge on any atom is 0.228 e. The van der Waals surface area contributed by atoms with E-state index in [1.807, 2.05) is 56.5 Å². The second-order valence-corrected chi connectivity index (χ2v) is 8.76. The van der Waals surface area contributed by atoms with Crippen LogP contribution in [0.4, 0.5) is 0 Å². The van der Waals surface area contributed by atoms with Crippen molar-refractivity contribution in [3.63, 3.8) is 0 Å². The smallest absolute Gasteiger partial charge is 0.228 e. The molecule has 1 aromatic carbocycles. The first-order valence-corrected chi connectivity index (χ1v) is 11.3. The van der Waals surface area contributed by atoms with Crippen LogP contribution in [0.3, 0.4) is 0 Å². The van der Waals surface area contributed by atoms with E-state index in [1.54, 1.807) is 4.90 Å². The van der Waals surface area contributed by atoms with E-state index in [9.17, 15) is 9.59 Å². The molecule has 1 saturated carbocycles. The number of nitrogens with zero attached hydrogens (tertiary/aromatic N) is 1. The molecule has 1 fully saturated rings. The van der Waals surface area contributed by atoms with Crippen molar-refractivity contribution in [1.82, 2.24) is 10.2 Å². The number of likely N-dealkylation sites (N-methyl/N-ethyl adjacent to an activating group) is 1. The summed E-state index contributed by atoms with van der Waals surface area (Å²) < 4.78 is 0. The van der Waals surface area contributed by atoms with Gasteiger partial charge >= 0.3 is 0 Å². The molecule has 2 amide bonds. The lowest BCUT2D eigenvalue weighted by Gasteiger charge is -2.39. The molecule has 0 radical (unpaired) electrons. The molecule has 2 rings (SSSR count). The molecule has 30 heavy (non-hydrogen) atoms. The lowest BCUT2D eigenvalue weighted by molar-refractivity contribution is -0.143. The van der Waals surface area contributed by atoms with Crippen molar-refractivity contribution in [2.45, 2.75) is 70.3 Å². The largest absolute Gasteiger partial charge is 0.351 e. The van der Waals surface area contributed by atoms with Gasteiger partial charge in [0.25, 0.3) is 0 Å². The molecular formula is C26H38N2O2. The van der Waals surface area contributed by atoms with E-state index in [0.29, 0.717) is 6.54 Å². The third kappa shape index (κ3) is 6.32. The zero-order chi connectivity index (χ0) is 22.0. The third-order valence-corrected chi connectivity index (χ3v) is 6.26. The summed E-state index contributed by atoms with van der Waals surface area (Å²) in [5.41, 5.74) is 0.704. The molecule has 1 N–H and O–H groups in total. The van der Waals surface area contributed by atoms with E-state index in [2.05, 4.69) is 18.5 Å². The van der Waals surface area contributed by atoms with Crippen LogP contribution in [-0.2, 0) is 9.59 Å². The Balaban J connectivity index is 2.00. The lowest BCUT2D eigenvalue weighted by Crippen LogP contribution is -2.49.